The van der Waals surface area contributed by atoms with Gasteiger partial charge >= 0.3 is 12.3 Å². The summed E-state index contributed by atoms with van der Waals surface area (Å²) in [6.45, 7) is 2.80. The van der Waals surface area contributed by atoms with Gasteiger partial charge in [-0.25, -0.2) is 14.3 Å². The molecule has 0 aliphatic carbocycles. The topological polar surface area (TPSA) is 98.1 Å². The van der Waals surface area contributed by atoms with Crippen molar-refractivity contribution < 1.29 is 32.2 Å². The summed E-state index contributed by atoms with van der Waals surface area (Å²) >= 11 is 0. The molecule has 186 valence electrons. The van der Waals surface area contributed by atoms with Crippen molar-refractivity contribution in [1.82, 2.24) is 24.8 Å². The number of piperidine rings is 1. The number of amides is 2. The molecule has 3 aromatic rings. The lowest BCUT2D eigenvalue weighted by atomic mass is 10.1. The van der Waals surface area contributed by atoms with Gasteiger partial charge in [0.25, 0.3) is 5.91 Å². The van der Waals surface area contributed by atoms with Crippen LogP contribution in [0.25, 0.3) is 16.9 Å². The maximum atomic E-state index is 13.8. The van der Waals surface area contributed by atoms with Crippen molar-refractivity contribution in [3.63, 3.8) is 0 Å². The number of carbonyl (C=O) groups excluding carboxylic acids is 2. The summed E-state index contributed by atoms with van der Waals surface area (Å²) in [5, 5.41) is 6.68. The van der Waals surface area contributed by atoms with Crippen LogP contribution in [-0.2, 0) is 10.9 Å². The van der Waals surface area contributed by atoms with Crippen LogP contribution in [0.3, 0.4) is 0 Å². The normalized spacial score (nSPS) is 14.7. The van der Waals surface area contributed by atoms with E-state index >= 15 is 0 Å². The zero-order valence-corrected chi connectivity index (χ0v) is 19.1. The molecule has 3 heterocycles. The predicted octanol–water partition coefficient (Wildman–Crippen LogP) is 3.77. The molecule has 4 rings (SSSR count). The van der Waals surface area contributed by atoms with Crippen molar-refractivity contribution in [2.75, 3.05) is 26.8 Å². The molecule has 0 bridgehead atoms. The molecule has 0 atom stereocenters. The van der Waals surface area contributed by atoms with Crippen molar-refractivity contribution in [2.24, 2.45) is 0 Å². The second kappa shape index (κ2) is 9.80. The molecular weight excluding hydrogens is 467 g/mol. The number of benzene rings is 1. The lowest BCUT2D eigenvalue weighted by Crippen LogP contribution is -2.46. The number of alkyl halides is 3. The van der Waals surface area contributed by atoms with Gasteiger partial charge in [0.05, 0.1) is 19.4 Å². The molecular formula is C23H24F3N5O4. The summed E-state index contributed by atoms with van der Waals surface area (Å²) in [6, 6.07) is 8.32. The maximum absolute atomic E-state index is 13.8. The summed E-state index contributed by atoms with van der Waals surface area (Å²) in [4.78, 5) is 30.4. The number of nitrogens with zero attached hydrogens (tertiary/aromatic N) is 4. The van der Waals surface area contributed by atoms with E-state index in [2.05, 4.69) is 15.4 Å². The Kier molecular flexibility index (Phi) is 6.81. The van der Waals surface area contributed by atoms with Crippen molar-refractivity contribution >= 4 is 17.6 Å². The van der Waals surface area contributed by atoms with Crippen LogP contribution < -0.4 is 10.1 Å². The van der Waals surface area contributed by atoms with E-state index in [1.807, 2.05) is 0 Å². The first-order valence-electron chi connectivity index (χ1n) is 11.0. The maximum Gasteiger partial charge on any atom is 0.433 e. The molecule has 0 spiro atoms. The van der Waals surface area contributed by atoms with Gasteiger partial charge < -0.3 is 19.7 Å². The second-order valence-corrected chi connectivity index (χ2v) is 7.99. The van der Waals surface area contributed by atoms with E-state index in [0.717, 1.165) is 6.07 Å². The van der Waals surface area contributed by atoms with E-state index in [1.165, 1.54) is 13.2 Å². The van der Waals surface area contributed by atoms with Crippen LogP contribution in [-0.4, -0.2) is 64.3 Å². The number of ether oxygens (including phenoxy) is 2. The number of rotatable bonds is 5. The van der Waals surface area contributed by atoms with Crippen molar-refractivity contribution in [3.05, 3.63) is 47.8 Å². The van der Waals surface area contributed by atoms with Gasteiger partial charge in [0.15, 0.2) is 17.0 Å². The molecule has 9 nitrogen and oxygen atoms in total. The summed E-state index contributed by atoms with van der Waals surface area (Å²) in [6.07, 6.45) is -4.14. The Morgan fingerprint density at radius 3 is 2.43 bits per heavy atom. The van der Waals surface area contributed by atoms with E-state index < -0.39 is 23.9 Å². The fraction of sp³-hybridized carbons (Fsp3) is 0.391. The van der Waals surface area contributed by atoms with E-state index in [4.69, 9.17) is 9.47 Å². The first-order valence-corrected chi connectivity index (χ1v) is 11.0. The Morgan fingerprint density at radius 2 is 1.83 bits per heavy atom. The number of halogens is 3. The van der Waals surface area contributed by atoms with Crippen molar-refractivity contribution in [3.8, 4) is 17.0 Å². The minimum Gasteiger partial charge on any atom is -0.497 e. The van der Waals surface area contributed by atoms with Gasteiger partial charge in [-0.3, -0.25) is 4.79 Å². The third kappa shape index (κ3) is 5.31. The van der Waals surface area contributed by atoms with Crippen LogP contribution in [0, 0.1) is 0 Å². The SMILES string of the molecule is CCOC(=O)N1CCC(NC(=O)c2cc3nc(-c4ccc(OC)cc4)cc(C(F)(F)F)n3n2)CC1. The largest absolute Gasteiger partial charge is 0.497 e. The fourth-order valence-electron chi connectivity index (χ4n) is 3.88. The van der Waals surface area contributed by atoms with Crippen LogP contribution in [0.15, 0.2) is 36.4 Å². The standard InChI is InChI=1S/C23H24F3N5O4/c1-3-35-22(33)30-10-8-15(9-11-30)27-21(32)18-13-20-28-17(14-4-6-16(34-2)7-5-14)12-19(23(24,25)26)31(20)29-18/h4-7,12-13,15H,3,8-11H2,1-2H3,(H,27,32). The average molecular weight is 491 g/mol. The third-order valence-electron chi connectivity index (χ3n) is 5.69. The minimum atomic E-state index is -4.72. The second-order valence-electron chi connectivity index (χ2n) is 7.99. The average Bonchev–Trinajstić information content (AvgIpc) is 3.28. The van der Waals surface area contributed by atoms with Crippen LogP contribution in [0.2, 0.25) is 0 Å². The first kappa shape index (κ1) is 24.3. The number of hydrogen-bond donors (Lipinski definition) is 1. The quantitative estimate of drug-likeness (QED) is 0.584. The Hall–Kier alpha value is -3.83. The highest BCUT2D eigenvalue weighted by Crippen LogP contribution is 2.32. The Morgan fingerprint density at radius 1 is 1.14 bits per heavy atom. The molecule has 1 aromatic carbocycles. The smallest absolute Gasteiger partial charge is 0.433 e. The Labute approximate surface area is 198 Å². The monoisotopic (exact) mass is 491 g/mol. The zero-order valence-electron chi connectivity index (χ0n) is 19.1. The summed E-state index contributed by atoms with van der Waals surface area (Å²) < 4.78 is 52.2. The van der Waals surface area contributed by atoms with Gasteiger partial charge in [-0.05, 0) is 50.1 Å². The van der Waals surface area contributed by atoms with Gasteiger partial charge in [-0.1, -0.05) is 0 Å². The van der Waals surface area contributed by atoms with Crippen LogP contribution in [0.1, 0.15) is 35.9 Å². The molecule has 1 N–H and O–H groups in total. The summed E-state index contributed by atoms with van der Waals surface area (Å²) in [5.41, 5.74) is -0.782. The molecule has 1 saturated heterocycles. The minimum absolute atomic E-state index is 0.0886. The van der Waals surface area contributed by atoms with E-state index in [9.17, 15) is 22.8 Å². The fourth-order valence-corrected chi connectivity index (χ4v) is 3.88. The third-order valence-corrected chi connectivity index (χ3v) is 5.69. The number of methoxy groups -OCH3 is 1. The van der Waals surface area contributed by atoms with Crippen molar-refractivity contribution in [1.29, 1.82) is 0 Å². The number of aromatic nitrogens is 3. The Bertz CT molecular complexity index is 1220. The molecule has 12 heteroatoms. The number of fused-ring (bicyclic) bond motifs is 1. The van der Waals surface area contributed by atoms with Gasteiger partial charge in [0.2, 0.25) is 0 Å². The molecule has 2 amide bonds. The van der Waals surface area contributed by atoms with Crippen LogP contribution >= 0.6 is 0 Å². The van der Waals surface area contributed by atoms with Crippen LogP contribution in [0.5, 0.6) is 5.75 Å². The first-order chi connectivity index (χ1) is 16.7. The lowest BCUT2D eigenvalue weighted by molar-refractivity contribution is -0.142. The Balaban J connectivity index is 1.56. The predicted molar refractivity (Wildman–Crippen MR) is 119 cm³/mol. The summed E-state index contributed by atoms with van der Waals surface area (Å²) in [5.74, 6) is -0.0496. The number of nitrogens with one attached hydrogen (secondary N) is 1. The molecule has 0 unspecified atom stereocenters. The molecule has 1 aliphatic rings. The van der Waals surface area contributed by atoms with Crippen LogP contribution in [0.4, 0.5) is 18.0 Å². The molecule has 0 radical (unpaired) electrons. The highest BCUT2D eigenvalue weighted by atomic mass is 19.4. The molecule has 2 aromatic heterocycles. The van der Waals surface area contributed by atoms with Gasteiger partial charge in [0, 0.05) is 30.8 Å². The highest BCUT2D eigenvalue weighted by Gasteiger charge is 2.36. The molecule has 1 fully saturated rings. The number of carbonyl (C=O) groups is 2. The number of likely N-dealkylation sites (tertiary alicyclic amines) is 1. The summed E-state index contributed by atoms with van der Waals surface area (Å²) in [7, 11) is 1.49. The van der Waals surface area contributed by atoms with Gasteiger partial charge in [-0.2, -0.15) is 18.3 Å². The number of hydrogen-bond acceptors (Lipinski definition) is 6. The van der Waals surface area contributed by atoms with Gasteiger partial charge in [-0.15, -0.1) is 0 Å². The lowest BCUT2D eigenvalue weighted by Gasteiger charge is -2.31. The molecule has 0 saturated carbocycles. The zero-order chi connectivity index (χ0) is 25.2. The van der Waals surface area contributed by atoms with E-state index in [0.29, 0.717) is 41.8 Å². The van der Waals surface area contributed by atoms with E-state index in [1.54, 1.807) is 36.1 Å². The molecule has 1 aliphatic heterocycles. The molecule has 35 heavy (non-hydrogen) atoms. The highest BCUT2D eigenvalue weighted by molar-refractivity contribution is 5.93. The van der Waals surface area contributed by atoms with E-state index in [-0.39, 0.29) is 29.7 Å². The van der Waals surface area contributed by atoms with Crippen molar-refractivity contribution in [2.45, 2.75) is 32.0 Å². The van der Waals surface area contributed by atoms with Gasteiger partial charge in [0.1, 0.15) is 5.75 Å².